The van der Waals surface area contributed by atoms with Crippen LogP contribution in [0.4, 0.5) is 0 Å². The molecule has 136 valence electrons. The molecule has 1 aromatic rings. The Morgan fingerprint density at radius 3 is 2.80 bits per heavy atom. The molecule has 2 aliphatic heterocycles. The molecule has 0 radical (unpaired) electrons. The molecular weight excluding hydrogens is 340 g/mol. The van der Waals surface area contributed by atoms with Crippen molar-refractivity contribution < 1.29 is 19.1 Å². The van der Waals surface area contributed by atoms with E-state index < -0.39 is 6.04 Å². The van der Waals surface area contributed by atoms with Gasteiger partial charge in [-0.15, -0.1) is 11.8 Å². The van der Waals surface area contributed by atoms with Crippen LogP contribution in [-0.4, -0.2) is 49.3 Å². The number of unbranched alkanes of at least 4 members (excludes halogenated alkanes) is 2. The first-order chi connectivity index (χ1) is 12.1. The molecule has 0 aromatic heterocycles. The number of thioether (sulfide) groups is 1. The molecule has 2 aliphatic rings. The molecule has 2 unspecified atom stereocenters. The number of benzene rings is 1. The summed E-state index contributed by atoms with van der Waals surface area (Å²) < 4.78 is 10.7. The zero-order valence-electron chi connectivity index (χ0n) is 14.8. The average molecular weight is 364 g/mol. The highest BCUT2D eigenvalue weighted by Gasteiger charge is 2.50. The number of nitrogens with one attached hydrogen (secondary N) is 1. The number of rotatable bonds is 7. The van der Waals surface area contributed by atoms with Gasteiger partial charge in [-0.25, -0.2) is 0 Å². The summed E-state index contributed by atoms with van der Waals surface area (Å²) in [7, 11) is 3.08. The van der Waals surface area contributed by atoms with Crippen LogP contribution in [0.1, 0.15) is 47.5 Å². The molecule has 1 saturated heterocycles. The number of methoxy groups -OCH3 is 2. The fourth-order valence-corrected chi connectivity index (χ4v) is 4.85. The first kappa shape index (κ1) is 17.9. The second kappa shape index (κ2) is 7.56. The van der Waals surface area contributed by atoms with Crippen LogP contribution in [0.3, 0.4) is 0 Å². The van der Waals surface area contributed by atoms with Crippen molar-refractivity contribution in [2.24, 2.45) is 0 Å². The predicted octanol–water partition coefficient (Wildman–Crippen LogP) is 2.58. The van der Waals surface area contributed by atoms with E-state index in [4.69, 9.17) is 9.47 Å². The van der Waals surface area contributed by atoms with Crippen LogP contribution >= 0.6 is 11.8 Å². The third-order valence-electron chi connectivity index (χ3n) is 4.67. The maximum absolute atomic E-state index is 13.0. The Labute approximate surface area is 152 Å². The van der Waals surface area contributed by atoms with Gasteiger partial charge in [-0.3, -0.25) is 9.59 Å². The molecule has 2 amide bonds. The number of carbonyl (C=O) groups is 2. The first-order valence-corrected chi connectivity index (χ1v) is 9.65. The lowest BCUT2D eigenvalue weighted by atomic mass is 10.1. The largest absolute Gasteiger partial charge is 0.493 e. The van der Waals surface area contributed by atoms with Gasteiger partial charge in [0.2, 0.25) is 5.91 Å². The monoisotopic (exact) mass is 364 g/mol. The Hall–Kier alpha value is -1.89. The maximum Gasteiger partial charge on any atom is 0.260 e. The lowest BCUT2D eigenvalue weighted by Gasteiger charge is -2.22. The van der Waals surface area contributed by atoms with Crippen molar-refractivity contribution in [3.63, 3.8) is 0 Å². The number of amides is 2. The molecule has 1 fully saturated rings. The fraction of sp³-hybridized carbons (Fsp3) is 0.556. The van der Waals surface area contributed by atoms with Crippen molar-refractivity contribution in [2.45, 2.75) is 37.6 Å². The van der Waals surface area contributed by atoms with E-state index in [9.17, 15) is 9.59 Å². The third-order valence-corrected chi connectivity index (χ3v) is 5.98. The van der Waals surface area contributed by atoms with E-state index in [1.54, 1.807) is 23.8 Å². The second-order valence-electron chi connectivity index (χ2n) is 6.18. The van der Waals surface area contributed by atoms with E-state index in [1.165, 1.54) is 7.11 Å². The van der Waals surface area contributed by atoms with E-state index in [2.05, 4.69) is 12.2 Å². The van der Waals surface area contributed by atoms with Gasteiger partial charge < -0.3 is 19.7 Å². The van der Waals surface area contributed by atoms with Crippen molar-refractivity contribution in [1.29, 1.82) is 0 Å². The lowest BCUT2D eigenvalue weighted by Crippen LogP contribution is -2.46. The number of hydrogen-bond acceptors (Lipinski definition) is 5. The standard InChI is InChI=1S/C18H24N2O4S/c1-4-5-6-9-19-16(21)12-10-25-18-11-7-8-13(23-2)15(24-3)14(11)17(22)20(12)18/h7-8,12,18H,4-6,9-10H2,1-3H3,(H,19,21). The fourth-order valence-electron chi connectivity index (χ4n) is 3.40. The van der Waals surface area contributed by atoms with Crippen LogP contribution in [0.2, 0.25) is 0 Å². The Bertz CT molecular complexity index is 679. The minimum absolute atomic E-state index is 0.0711. The van der Waals surface area contributed by atoms with Crippen LogP contribution < -0.4 is 14.8 Å². The van der Waals surface area contributed by atoms with Gasteiger partial charge in [-0.2, -0.15) is 0 Å². The predicted molar refractivity (Wildman–Crippen MR) is 97.2 cm³/mol. The molecule has 2 atom stereocenters. The summed E-state index contributed by atoms with van der Waals surface area (Å²) in [5.74, 6) is 1.36. The Morgan fingerprint density at radius 2 is 2.12 bits per heavy atom. The van der Waals surface area contributed by atoms with Gasteiger partial charge >= 0.3 is 0 Å². The SMILES string of the molecule is CCCCCNC(=O)C1CSC2c3ccc(OC)c(OC)c3C(=O)N12. The Balaban J connectivity index is 1.81. The zero-order valence-corrected chi connectivity index (χ0v) is 15.6. The topological polar surface area (TPSA) is 67.9 Å². The normalized spacial score (nSPS) is 21.1. The molecule has 0 aliphatic carbocycles. The zero-order chi connectivity index (χ0) is 18.0. The molecule has 1 N–H and O–H groups in total. The molecular formula is C18H24N2O4S. The minimum atomic E-state index is -0.438. The van der Waals surface area contributed by atoms with Gasteiger partial charge in [0, 0.05) is 17.9 Å². The molecule has 0 saturated carbocycles. The van der Waals surface area contributed by atoms with Gasteiger partial charge in [0.1, 0.15) is 11.4 Å². The van der Waals surface area contributed by atoms with Crippen LogP contribution in [0.15, 0.2) is 12.1 Å². The van der Waals surface area contributed by atoms with Crippen LogP contribution in [0, 0.1) is 0 Å². The van der Waals surface area contributed by atoms with Gasteiger partial charge in [0.15, 0.2) is 11.5 Å². The van der Waals surface area contributed by atoms with Crippen molar-refractivity contribution in [1.82, 2.24) is 10.2 Å². The molecule has 25 heavy (non-hydrogen) atoms. The van der Waals surface area contributed by atoms with E-state index in [0.717, 1.165) is 24.8 Å². The van der Waals surface area contributed by atoms with Gasteiger partial charge in [0.05, 0.1) is 19.8 Å². The quantitative estimate of drug-likeness (QED) is 0.753. The Morgan fingerprint density at radius 1 is 1.32 bits per heavy atom. The van der Waals surface area contributed by atoms with Gasteiger partial charge in [0.25, 0.3) is 5.91 Å². The van der Waals surface area contributed by atoms with Gasteiger partial charge in [-0.05, 0) is 12.5 Å². The summed E-state index contributed by atoms with van der Waals surface area (Å²) in [6.45, 7) is 2.78. The van der Waals surface area contributed by atoms with Crippen molar-refractivity contribution in [3.8, 4) is 11.5 Å². The number of carbonyl (C=O) groups excluding carboxylic acids is 2. The molecule has 0 spiro atoms. The minimum Gasteiger partial charge on any atom is -0.493 e. The van der Waals surface area contributed by atoms with Crippen LogP contribution in [-0.2, 0) is 4.79 Å². The molecule has 7 heteroatoms. The first-order valence-electron chi connectivity index (χ1n) is 8.60. The Kier molecular flexibility index (Phi) is 5.42. The summed E-state index contributed by atoms with van der Waals surface area (Å²) >= 11 is 1.62. The second-order valence-corrected chi connectivity index (χ2v) is 7.29. The highest BCUT2D eigenvalue weighted by atomic mass is 32.2. The van der Waals surface area contributed by atoms with Crippen molar-refractivity contribution in [2.75, 3.05) is 26.5 Å². The number of hydrogen-bond donors (Lipinski definition) is 1. The van der Waals surface area contributed by atoms with Crippen LogP contribution in [0.25, 0.3) is 0 Å². The maximum atomic E-state index is 13.0. The molecule has 0 bridgehead atoms. The number of fused-ring (bicyclic) bond motifs is 3. The molecule has 2 heterocycles. The highest BCUT2D eigenvalue weighted by Crippen LogP contribution is 2.52. The van der Waals surface area contributed by atoms with Crippen molar-refractivity contribution in [3.05, 3.63) is 23.3 Å². The lowest BCUT2D eigenvalue weighted by molar-refractivity contribution is -0.124. The smallest absolute Gasteiger partial charge is 0.260 e. The molecule has 3 rings (SSSR count). The summed E-state index contributed by atoms with van der Waals surface area (Å²) in [4.78, 5) is 27.3. The van der Waals surface area contributed by atoms with E-state index in [1.807, 2.05) is 12.1 Å². The summed E-state index contributed by atoms with van der Waals surface area (Å²) in [5.41, 5.74) is 1.41. The van der Waals surface area contributed by atoms with E-state index in [-0.39, 0.29) is 17.2 Å². The van der Waals surface area contributed by atoms with Crippen molar-refractivity contribution >= 4 is 23.6 Å². The number of nitrogens with zero attached hydrogens (tertiary/aromatic N) is 1. The van der Waals surface area contributed by atoms with Gasteiger partial charge in [-0.1, -0.05) is 25.8 Å². The molecule has 6 nitrogen and oxygen atoms in total. The third kappa shape index (κ3) is 3.05. The summed E-state index contributed by atoms with van der Waals surface area (Å²) in [6.07, 6.45) is 3.16. The summed E-state index contributed by atoms with van der Waals surface area (Å²) in [5, 5.41) is 2.84. The highest BCUT2D eigenvalue weighted by molar-refractivity contribution is 7.99. The van der Waals surface area contributed by atoms with E-state index >= 15 is 0 Å². The molecule has 1 aromatic carbocycles. The van der Waals surface area contributed by atoms with Crippen LogP contribution in [0.5, 0.6) is 11.5 Å². The average Bonchev–Trinajstić information content (AvgIpc) is 3.18. The summed E-state index contributed by atoms with van der Waals surface area (Å²) in [6, 6.07) is 3.27. The van der Waals surface area contributed by atoms with E-state index in [0.29, 0.717) is 29.4 Å². The number of ether oxygens (including phenoxy) is 2.